The molecule has 0 spiro atoms. The Morgan fingerprint density at radius 2 is 1.70 bits per heavy atom. The Bertz CT molecular complexity index is 1490. The molecule has 0 atom stereocenters. The third-order valence-electron chi connectivity index (χ3n) is 5.51. The molecule has 0 aliphatic rings. The molecule has 0 aliphatic carbocycles. The summed E-state index contributed by atoms with van der Waals surface area (Å²) in [6.45, 7) is 1.98. The SMILES string of the molecule is COc1cc(OC)c(/C=N\NC(=O)CSc2nc3ccccc3c(=O)n2-c2ccc(C)cc2)c(OC)c1. The smallest absolute Gasteiger partial charge is 0.266 e. The second-order valence-corrected chi connectivity index (χ2v) is 8.86. The number of nitrogens with zero attached hydrogens (tertiary/aromatic N) is 3. The van der Waals surface area contributed by atoms with E-state index in [0.29, 0.717) is 44.6 Å². The summed E-state index contributed by atoms with van der Waals surface area (Å²) >= 11 is 1.15. The van der Waals surface area contributed by atoms with E-state index in [1.165, 1.54) is 25.0 Å². The van der Waals surface area contributed by atoms with Gasteiger partial charge in [-0.3, -0.25) is 14.2 Å². The molecule has 0 aliphatic heterocycles. The summed E-state index contributed by atoms with van der Waals surface area (Å²) in [6, 6.07) is 18.1. The molecule has 0 fully saturated rings. The molecule has 190 valence electrons. The Morgan fingerprint density at radius 1 is 1.03 bits per heavy atom. The standard InChI is InChI=1S/C27H26N4O5S/c1-17-9-11-18(12-10-17)31-26(33)20-7-5-6-8-22(20)29-27(31)37-16-25(32)30-28-15-21-23(35-3)13-19(34-2)14-24(21)36-4/h5-15H,16H2,1-4H3,(H,30,32)/b28-15-. The summed E-state index contributed by atoms with van der Waals surface area (Å²) in [5.74, 6) is 1.14. The minimum atomic E-state index is -0.370. The molecule has 0 unspecified atom stereocenters. The van der Waals surface area contributed by atoms with Gasteiger partial charge in [0.25, 0.3) is 11.5 Å². The lowest BCUT2D eigenvalue weighted by atomic mass is 10.2. The zero-order valence-corrected chi connectivity index (χ0v) is 21.7. The van der Waals surface area contributed by atoms with Crippen molar-refractivity contribution >= 4 is 34.8 Å². The molecule has 3 aromatic carbocycles. The van der Waals surface area contributed by atoms with Gasteiger partial charge < -0.3 is 14.2 Å². The second kappa shape index (κ2) is 11.6. The van der Waals surface area contributed by atoms with Crippen LogP contribution < -0.4 is 25.2 Å². The van der Waals surface area contributed by atoms with Crippen LogP contribution in [0.15, 0.2) is 75.7 Å². The molecule has 1 heterocycles. The minimum absolute atomic E-state index is 0.00906. The predicted molar refractivity (Wildman–Crippen MR) is 145 cm³/mol. The van der Waals surface area contributed by atoms with Crippen molar-refractivity contribution in [2.24, 2.45) is 5.10 Å². The highest BCUT2D eigenvalue weighted by Gasteiger charge is 2.15. The van der Waals surface area contributed by atoms with Crippen molar-refractivity contribution in [3.63, 3.8) is 0 Å². The first kappa shape index (κ1) is 25.8. The average molecular weight is 519 g/mol. The van der Waals surface area contributed by atoms with Crippen LogP contribution in [0.2, 0.25) is 0 Å². The van der Waals surface area contributed by atoms with E-state index in [-0.39, 0.29) is 17.2 Å². The maximum atomic E-state index is 13.3. The van der Waals surface area contributed by atoms with Gasteiger partial charge in [0.15, 0.2) is 5.16 Å². The van der Waals surface area contributed by atoms with Crippen LogP contribution in [0.3, 0.4) is 0 Å². The Balaban J connectivity index is 1.55. The molecule has 37 heavy (non-hydrogen) atoms. The van der Waals surface area contributed by atoms with E-state index < -0.39 is 0 Å². The molecule has 1 amide bonds. The van der Waals surface area contributed by atoms with Crippen molar-refractivity contribution in [2.75, 3.05) is 27.1 Å². The highest BCUT2D eigenvalue weighted by Crippen LogP contribution is 2.32. The predicted octanol–water partition coefficient (Wildman–Crippen LogP) is 3.96. The summed E-state index contributed by atoms with van der Waals surface area (Å²) in [4.78, 5) is 30.6. The number of thioether (sulfide) groups is 1. The molecule has 1 N–H and O–H groups in total. The zero-order valence-electron chi connectivity index (χ0n) is 20.8. The van der Waals surface area contributed by atoms with Crippen LogP contribution in [-0.2, 0) is 4.79 Å². The van der Waals surface area contributed by atoms with Gasteiger partial charge in [0.2, 0.25) is 0 Å². The van der Waals surface area contributed by atoms with Crippen LogP contribution in [0.1, 0.15) is 11.1 Å². The van der Waals surface area contributed by atoms with Crippen LogP contribution in [0.25, 0.3) is 16.6 Å². The summed E-state index contributed by atoms with van der Waals surface area (Å²) in [6.07, 6.45) is 1.44. The fourth-order valence-corrected chi connectivity index (χ4v) is 4.43. The number of ether oxygens (including phenoxy) is 3. The number of aromatic nitrogens is 2. The number of carbonyl (C=O) groups is 1. The van der Waals surface area contributed by atoms with Crippen molar-refractivity contribution in [2.45, 2.75) is 12.1 Å². The first-order chi connectivity index (χ1) is 17.9. The monoisotopic (exact) mass is 518 g/mol. The van der Waals surface area contributed by atoms with Crippen molar-refractivity contribution in [3.8, 4) is 22.9 Å². The first-order valence-corrected chi connectivity index (χ1v) is 12.3. The Labute approximate surface area is 218 Å². The van der Waals surface area contributed by atoms with Crippen LogP contribution in [-0.4, -0.2) is 48.8 Å². The maximum Gasteiger partial charge on any atom is 0.266 e. The van der Waals surface area contributed by atoms with E-state index in [2.05, 4.69) is 15.5 Å². The number of amides is 1. The highest BCUT2D eigenvalue weighted by atomic mass is 32.2. The number of fused-ring (bicyclic) bond motifs is 1. The van der Waals surface area contributed by atoms with Gasteiger partial charge in [-0.2, -0.15) is 5.10 Å². The lowest BCUT2D eigenvalue weighted by molar-refractivity contribution is -0.118. The minimum Gasteiger partial charge on any atom is -0.496 e. The number of methoxy groups -OCH3 is 3. The third kappa shape index (κ3) is 5.75. The third-order valence-corrected chi connectivity index (χ3v) is 6.44. The molecule has 0 saturated heterocycles. The number of nitrogens with one attached hydrogen (secondary N) is 1. The molecular formula is C27H26N4O5S. The van der Waals surface area contributed by atoms with Crippen LogP contribution in [0.5, 0.6) is 17.2 Å². The van der Waals surface area contributed by atoms with E-state index in [4.69, 9.17) is 14.2 Å². The molecule has 4 rings (SSSR count). The van der Waals surface area contributed by atoms with Crippen LogP contribution in [0, 0.1) is 6.92 Å². The molecule has 9 nitrogen and oxygen atoms in total. The summed E-state index contributed by atoms with van der Waals surface area (Å²) < 4.78 is 17.6. The van der Waals surface area contributed by atoms with E-state index in [0.717, 1.165) is 17.3 Å². The molecule has 0 radical (unpaired) electrons. The lowest BCUT2D eigenvalue weighted by Gasteiger charge is -2.13. The van der Waals surface area contributed by atoms with Crippen molar-refractivity contribution in [3.05, 3.63) is 82.1 Å². The van der Waals surface area contributed by atoms with Gasteiger partial charge in [-0.15, -0.1) is 0 Å². The highest BCUT2D eigenvalue weighted by molar-refractivity contribution is 7.99. The largest absolute Gasteiger partial charge is 0.496 e. The van der Waals surface area contributed by atoms with Crippen molar-refractivity contribution < 1.29 is 19.0 Å². The van der Waals surface area contributed by atoms with Gasteiger partial charge in [0.1, 0.15) is 17.2 Å². The molecule has 0 bridgehead atoms. The van der Waals surface area contributed by atoms with E-state index in [1.54, 1.807) is 37.4 Å². The summed E-state index contributed by atoms with van der Waals surface area (Å²) in [5, 5.41) is 4.97. The number of hydrazone groups is 1. The van der Waals surface area contributed by atoms with Crippen molar-refractivity contribution in [1.82, 2.24) is 15.0 Å². The Hall–Kier alpha value is -4.31. The number of rotatable bonds is 9. The zero-order chi connectivity index (χ0) is 26.4. The maximum absolute atomic E-state index is 13.3. The van der Waals surface area contributed by atoms with E-state index in [1.807, 2.05) is 37.3 Å². The summed E-state index contributed by atoms with van der Waals surface area (Å²) in [5.41, 5.74) is 5.16. The number of benzene rings is 3. The Kier molecular flexibility index (Phi) is 8.09. The van der Waals surface area contributed by atoms with Gasteiger partial charge in [-0.05, 0) is 31.2 Å². The quantitative estimate of drug-likeness (QED) is 0.155. The topological polar surface area (TPSA) is 104 Å². The molecular weight excluding hydrogens is 492 g/mol. The van der Waals surface area contributed by atoms with Crippen LogP contribution in [0.4, 0.5) is 0 Å². The lowest BCUT2D eigenvalue weighted by Crippen LogP contribution is -2.24. The van der Waals surface area contributed by atoms with Crippen molar-refractivity contribution in [1.29, 1.82) is 0 Å². The van der Waals surface area contributed by atoms with Gasteiger partial charge in [0, 0.05) is 12.1 Å². The van der Waals surface area contributed by atoms with Gasteiger partial charge in [-0.1, -0.05) is 41.6 Å². The molecule has 10 heteroatoms. The number of carbonyl (C=O) groups excluding carboxylic acids is 1. The van der Waals surface area contributed by atoms with Crippen LogP contribution >= 0.6 is 11.8 Å². The van der Waals surface area contributed by atoms with Gasteiger partial charge in [0.05, 0.1) is 55.5 Å². The number of hydrogen-bond donors (Lipinski definition) is 1. The fraction of sp³-hybridized carbons (Fsp3) is 0.185. The number of para-hydroxylation sites is 1. The molecule has 4 aromatic rings. The number of hydrogen-bond acceptors (Lipinski definition) is 8. The van der Waals surface area contributed by atoms with E-state index in [9.17, 15) is 9.59 Å². The Morgan fingerprint density at radius 3 is 2.35 bits per heavy atom. The molecule has 1 aromatic heterocycles. The van der Waals surface area contributed by atoms with Gasteiger partial charge >= 0.3 is 0 Å². The molecule has 0 saturated carbocycles. The van der Waals surface area contributed by atoms with E-state index >= 15 is 0 Å². The average Bonchev–Trinajstić information content (AvgIpc) is 2.92. The second-order valence-electron chi connectivity index (χ2n) is 7.92. The van der Waals surface area contributed by atoms with Gasteiger partial charge in [-0.25, -0.2) is 10.4 Å². The first-order valence-electron chi connectivity index (χ1n) is 11.3. The summed E-state index contributed by atoms with van der Waals surface area (Å²) in [7, 11) is 4.58. The number of aryl methyl sites for hydroxylation is 1. The normalized spacial score (nSPS) is 11.0. The fourth-order valence-electron chi connectivity index (χ4n) is 3.62.